The van der Waals surface area contributed by atoms with Gasteiger partial charge in [0.25, 0.3) is 0 Å². The van der Waals surface area contributed by atoms with Crippen molar-refractivity contribution in [1.82, 2.24) is 9.80 Å². The molecule has 1 amide bonds. The van der Waals surface area contributed by atoms with Crippen molar-refractivity contribution >= 4 is 23.2 Å². The molecule has 0 aliphatic carbocycles. The molecule has 0 saturated carbocycles. The Morgan fingerprint density at radius 3 is 2.47 bits per heavy atom. The molecular formula is C26H34ClFN4O2. The van der Waals surface area contributed by atoms with Gasteiger partial charge in [0.2, 0.25) is 5.91 Å². The Balaban J connectivity index is 1.27. The molecular weight excluding hydrogens is 455 g/mol. The zero-order valence-corrected chi connectivity index (χ0v) is 20.5. The lowest BCUT2D eigenvalue weighted by Gasteiger charge is -2.39. The van der Waals surface area contributed by atoms with Crippen molar-refractivity contribution in [3.8, 4) is 5.75 Å². The van der Waals surface area contributed by atoms with Crippen LogP contribution in [0.3, 0.4) is 0 Å². The van der Waals surface area contributed by atoms with Crippen LogP contribution in [0.5, 0.6) is 5.75 Å². The molecule has 2 aromatic carbocycles. The van der Waals surface area contributed by atoms with Crippen molar-refractivity contribution in [2.24, 2.45) is 11.7 Å². The van der Waals surface area contributed by atoms with Crippen LogP contribution in [0.25, 0.3) is 0 Å². The maximum Gasteiger partial charge on any atom is 0.239 e. The number of nitrogens with two attached hydrogens (primary N) is 1. The minimum Gasteiger partial charge on any atom is -0.493 e. The molecule has 0 spiro atoms. The maximum atomic E-state index is 14.4. The van der Waals surface area contributed by atoms with E-state index in [9.17, 15) is 9.18 Å². The Morgan fingerprint density at radius 2 is 1.79 bits per heavy atom. The van der Waals surface area contributed by atoms with Crippen LogP contribution in [-0.4, -0.2) is 67.6 Å². The molecule has 4 rings (SSSR count). The van der Waals surface area contributed by atoms with Crippen molar-refractivity contribution in [3.05, 3.63) is 58.9 Å². The van der Waals surface area contributed by atoms with Crippen LogP contribution in [0.4, 0.5) is 10.1 Å². The molecule has 2 aromatic rings. The van der Waals surface area contributed by atoms with Crippen molar-refractivity contribution < 1.29 is 13.9 Å². The Hall–Kier alpha value is -2.35. The molecule has 8 heteroatoms. The third-order valence-electron chi connectivity index (χ3n) is 6.97. The highest BCUT2D eigenvalue weighted by atomic mass is 35.5. The lowest BCUT2D eigenvalue weighted by Crippen LogP contribution is -2.55. The normalized spacial score (nSPS) is 18.7. The topological polar surface area (TPSA) is 62.0 Å². The monoisotopic (exact) mass is 488 g/mol. The molecule has 0 radical (unpaired) electrons. The molecule has 2 heterocycles. The maximum absolute atomic E-state index is 14.4. The molecule has 2 aliphatic rings. The average molecular weight is 489 g/mol. The lowest BCUT2D eigenvalue weighted by atomic mass is 9.88. The number of anilines is 1. The number of halogens is 2. The highest BCUT2D eigenvalue weighted by Crippen LogP contribution is 2.30. The predicted octanol–water partition coefficient (Wildman–Crippen LogP) is 3.77. The van der Waals surface area contributed by atoms with E-state index in [2.05, 4.69) is 9.80 Å². The fourth-order valence-corrected chi connectivity index (χ4v) is 5.21. The number of carbonyl (C=O) groups is 1. The largest absolute Gasteiger partial charge is 0.493 e. The van der Waals surface area contributed by atoms with Gasteiger partial charge in [-0.05, 0) is 49.9 Å². The molecule has 184 valence electrons. The number of piperidine rings is 1. The Kier molecular flexibility index (Phi) is 8.29. The van der Waals surface area contributed by atoms with Gasteiger partial charge in [-0.25, -0.2) is 4.39 Å². The molecule has 2 N–H and O–H groups in total. The molecule has 1 atom stereocenters. The summed E-state index contributed by atoms with van der Waals surface area (Å²) in [5.41, 5.74) is 8.07. The van der Waals surface area contributed by atoms with Gasteiger partial charge >= 0.3 is 0 Å². The molecule has 6 nitrogen and oxygen atoms in total. The van der Waals surface area contributed by atoms with Crippen LogP contribution in [0.15, 0.2) is 42.5 Å². The van der Waals surface area contributed by atoms with E-state index >= 15 is 0 Å². The van der Waals surface area contributed by atoms with Crippen LogP contribution >= 0.6 is 11.6 Å². The highest BCUT2D eigenvalue weighted by molar-refractivity contribution is 6.33. The summed E-state index contributed by atoms with van der Waals surface area (Å²) in [7, 11) is 0. The van der Waals surface area contributed by atoms with E-state index in [1.165, 1.54) is 6.07 Å². The second kappa shape index (κ2) is 11.4. The fraction of sp³-hybridized carbons (Fsp3) is 0.500. The number of benzene rings is 2. The quantitative estimate of drug-likeness (QED) is 0.643. The number of hydrogen-bond acceptors (Lipinski definition) is 5. The zero-order chi connectivity index (χ0) is 24.1. The first kappa shape index (κ1) is 24.8. The summed E-state index contributed by atoms with van der Waals surface area (Å²) >= 11 is 6.35. The third kappa shape index (κ3) is 5.65. The van der Waals surface area contributed by atoms with Gasteiger partial charge in [-0.15, -0.1) is 0 Å². The van der Waals surface area contributed by atoms with Gasteiger partial charge in [-0.2, -0.15) is 0 Å². The van der Waals surface area contributed by atoms with Gasteiger partial charge in [-0.1, -0.05) is 29.8 Å². The van der Waals surface area contributed by atoms with E-state index in [1.54, 1.807) is 12.1 Å². The number of piperazine rings is 1. The van der Waals surface area contributed by atoms with Crippen LogP contribution in [0.2, 0.25) is 5.02 Å². The van der Waals surface area contributed by atoms with Gasteiger partial charge in [-0.3, -0.25) is 9.69 Å². The van der Waals surface area contributed by atoms with E-state index in [0.717, 1.165) is 36.6 Å². The molecule has 34 heavy (non-hydrogen) atoms. The molecule has 0 unspecified atom stereocenters. The van der Waals surface area contributed by atoms with E-state index in [0.29, 0.717) is 50.6 Å². The van der Waals surface area contributed by atoms with E-state index in [4.69, 9.17) is 22.1 Å². The summed E-state index contributed by atoms with van der Waals surface area (Å²) in [5.74, 6) is 0.522. The zero-order valence-electron chi connectivity index (χ0n) is 19.8. The standard InChI is InChI=1S/C26H34ClFN4O2/c1-2-34-24-9-5-7-22(28)20(24)18-30-14-16-32(17-15-30)26(33)25(29)19-10-12-31(13-11-19)23-8-4-3-6-21(23)27/h3-9,19,25H,2,10-18,29H2,1H3/t25-/m1/s1. The van der Waals surface area contributed by atoms with E-state index in [-0.39, 0.29) is 17.6 Å². The smallest absolute Gasteiger partial charge is 0.239 e. The molecule has 2 fully saturated rings. The summed E-state index contributed by atoms with van der Waals surface area (Å²) < 4.78 is 20.0. The first-order valence-corrected chi connectivity index (χ1v) is 12.5. The van der Waals surface area contributed by atoms with Crippen LogP contribution in [-0.2, 0) is 11.3 Å². The van der Waals surface area contributed by atoms with Crippen molar-refractivity contribution in [1.29, 1.82) is 0 Å². The van der Waals surface area contributed by atoms with Gasteiger partial charge in [0.1, 0.15) is 11.6 Å². The number of hydrogen-bond donors (Lipinski definition) is 1. The summed E-state index contributed by atoms with van der Waals surface area (Å²) in [6.45, 7) is 7.11. The Morgan fingerprint density at radius 1 is 1.09 bits per heavy atom. The van der Waals surface area contributed by atoms with Crippen LogP contribution in [0, 0.1) is 11.7 Å². The second-order valence-corrected chi connectivity index (χ2v) is 9.46. The average Bonchev–Trinajstić information content (AvgIpc) is 2.86. The van der Waals surface area contributed by atoms with Crippen molar-refractivity contribution in [2.45, 2.75) is 32.4 Å². The van der Waals surface area contributed by atoms with E-state index < -0.39 is 6.04 Å². The first-order chi connectivity index (χ1) is 16.5. The summed E-state index contributed by atoms with van der Waals surface area (Å²) in [5, 5.41) is 0.753. The number of carbonyl (C=O) groups excluding carboxylic acids is 1. The number of ether oxygens (including phenoxy) is 1. The SMILES string of the molecule is CCOc1cccc(F)c1CN1CCN(C(=O)[C@H](N)C2CCN(c3ccccc3Cl)CC2)CC1. The number of nitrogens with zero attached hydrogens (tertiary/aromatic N) is 3. The predicted molar refractivity (Wildman–Crippen MR) is 134 cm³/mol. The third-order valence-corrected chi connectivity index (χ3v) is 7.29. The summed E-state index contributed by atoms with van der Waals surface area (Å²) in [6, 6.07) is 12.3. The number of amides is 1. The number of para-hydroxylation sites is 1. The lowest BCUT2D eigenvalue weighted by molar-refractivity contribution is -0.135. The molecule has 0 bridgehead atoms. The highest BCUT2D eigenvalue weighted by Gasteiger charge is 2.33. The molecule has 2 aliphatic heterocycles. The van der Waals surface area contributed by atoms with Crippen molar-refractivity contribution in [2.75, 3.05) is 50.8 Å². The van der Waals surface area contributed by atoms with Crippen LogP contribution in [0.1, 0.15) is 25.3 Å². The second-order valence-electron chi connectivity index (χ2n) is 9.05. The number of rotatable bonds is 7. The van der Waals surface area contributed by atoms with Gasteiger partial charge in [0.15, 0.2) is 0 Å². The van der Waals surface area contributed by atoms with E-state index in [1.807, 2.05) is 36.1 Å². The Labute approximate surface area is 206 Å². The molecule has 2 saturated heterocycles. The molecule has 0 aromatic heterocycles. The first-order valence-electron chi connectivity index (χ1n) is 12.1. The summed E-state index contributed by atoms with van der Waals surface area (Å²) in [6.07, 6.45) is 1.73. The van der Waals surface area contributed by atoms with Crippen molar-refractivity contribution in [3.63, 3.8) is 0 Å². The van der Waals surface area contributed by atoms with Gasteiger partial charge < -0.3 is 20.3 Å². The summed E-state index contributed by atoms with van der Waals surface area (Å²) in [4.78, 5) is 19.4. The minimum absolute atomic E-state index is 0.0248. The van der Waals surface area contributed by atoms with Crippen LogP contribution < -0.4 is 15.4 Å². The minimum atomic E-state index is -0.490. The fourth-order valence-electron chi connectivity index (χ4n) is 4.95. The van der Waals surface area contributed by atoms with Gasteiger partial charge in [0.05, 0.1) is 23.4 Å². The van der Waals surface area contributed by atoms with Gasteiger partial charge in [0, 0.05) is 51.4 Å². The Bertz CT molecular complexity index is 975.